The normalized spacial score (nSPS) is 11.9. The summed E-state index contributed by atoms with van der Waals surface area (Å²) in [7, 11) is 3.87. The Morgan fingerprint density at radius 2 is 2.14 bits per heavy atom. The Bertz CT molecular complexity index is 200. The van der Waals surface area contributed by atoms with Crippen molar-refractivity contribution < 1.29 is 9.53 Å². The lowest BCUT2D eigenvalue weighted by atomic mass is 10.2. The molecule has 4 nitrogen and oxygen atoms in total. The molecule has 0 amide bonds. The van der Waals surface area contributed by atoms with Crippen molar-refractivity contribution in [2.75, 3.05) is 33.8 Å². The van der Waals surface area contributed by atoms with Crippen molar-refractivity contribution in [2.24, 2.45) is 5.73 Å². The van der Waals surface area contributed by atoms with E-state index in [0.717, 1.165) is 6.54 Å². The monoisotopic (exact) mass is 200 g/mol. The number of rotatable bonds is 6. The first-order chi connectivity index (χ1) is 6.57. The highest BCUT2D eigenvalue weighted by Crippen LogP contribution is 1.98. The summed E-state index contributed by atoms with van der Waals surface area (Å²) in [6.07, 6.45) is 2.52. The second kappa shape index (κ2) is 7.53. The molecule has 0 aromatic rings. The van der Waals surface area contributed by atoms with E-state index < -0.39 is 0 Å². The van der Waals surface area contributed by atoms with Crippen LogP contribution in [0.5, 0.6) is 0 Å². The van der Waals surface area contributed by atoms with E-state index in [9.17, 15) is 4.79 Å². The molecule has 0 heterocycles. The Morgan fingerprint density at radius 3 is 2.64 bits per heavy atom. The van der Waals surface area contributed by atoms with E-state index in [1.165, 1.54) is 0 Å². The molecule has 0 aromatic carbocycles. The molecule has 0 rings (SSSR count). The fourth-order valence-electron chi connectivity index (χ4n) is 0.818. The smallest absolute Gasteiger partial charge is 0.333 e. The molecule has 0 fully saturated rings. The van der Waals surface area contributed by atoms with Gasteiger partial charge in [0.2, 0.25) is 0 Å². The molecule has 0 aliphatic rings. The van der Waals surface area contributed by atoms with Crippen LogP contribution in [0.4, 0.5) is 0 Å². The van der Waals surface area contributed by atoms with E-state index in [0.29, 0.717) is 25.1 Å². The largest absolute Gasteiger partial charge is 0.461 e. The maximum Gasteiger partial charge on any atom is 0.333 e. The quantitative estimate of drug-likeness (QED) is 0.497. The zero-order valence-electron chi connectivity index (χ0n) is 9.25. The molecule has 0 radical (unpaired) electrons. The van der Waals surface area contributed by atoms with Gasteiger partial charge in [0.1, 0.15) is 6.61 Å². The average Bonchev–Trinajstić information content (AvgIpc) is 2.13. The topological polar surface area (TPSA) is 55.6 Å². The molecule has 0 unspecified atom stereocenters. The number of nitrogens with two attached hydrogens (primary N) is 1. The van der Waals surface area contributed by atoms with Crippen molar-refractivity contribution in [1.29, 1.82) is 0 Å². The number of carbonyl (C=O) groups is 1. The van der Waals surface area contributed by atoms with Crippen LogP contribution in [0.15, 0.2) is 11.6 Å². The number of carbonyl (C=O) groups excluding carboxylic acids is 1. The Morgan fingerprint density at radius 1 is 1.50 bits per heavy atom. The molecule has 4 heteroatoms. The maximum atomic E-state index is 11.3. The lowest BCUT2D eigenvalue weighted by Gasteiger charge is -2.09. The van der Waals surface area contributed by atoms with Crippen LogP contribution < -0.4 is 5.73 Å². The lowest BCUT2D eigenvalue weighted by Crippen LogP contribution is -2.20. The zero-order valence-corrected chi connectivity index (χ0v) is 9.25. The first-order valence-corrected chi connectivity index (χ1v) is 4.76. The molecule has 0 aromatic heterocycles. The summed E-state index contributed by atoms with van der Waals surface area (Å²) in [5.74, 6) is -0.250. The summed E-state index contributed by atoms with van der Waals surface area (Å²) in [6.45, 7) is 3.48. The molecule has 0 spiro atoms. The SMILES string of the molecule is CC(=CCCN)C(=O)OCCN(C)C. The van der Waals surface area contributed by atoms with Crippen LogP contribution in [0.25, 0.3) is 0 Å². The van der Waals surface area contributed by atoms with E-state index in [1.807, 2.05) is 19.0 Å². The van der Waals surface area contributed by atoms with Crippen molar-refractivity contribution in [3.8, 4) is 0 Å². The van der Waals surface area contributed by atoms with E-state index in [1.54, 1.807) is 13.0 Å². The van der Waals surface area contributed by atoms with Crippen molar-refractivity contribution in [1.82, 2.24) is 4.90 Å². The van der Waals surface area contributed by atoms with Gasteiger partial charge in [0, 0.05) is 12.1 Å². The van der Waals surface area contributed by atoms with Gasteiger partial charge in [-0.1, -0.05) is 6.08 Å². The lowest BCUT2D eigenvalue weighted by molar-refractivity contribution is -0.139. The van der Waals surface area contributed by atoms with Crippen LogP contribution in [0.3, 0.4) is 0 Å². The maximum absolute atomic E-state index is 11.3. The molecule has 0 bridgehead atoms. The third kappa shape index (κ3) is 6.62. The van der Waals surface area contributed by atoms with E-state index in [-0.39, 0.29) is 5.97 Å². The minimum Gasteiger partial charge on any atom is -0.461 e. The van der Waals surface area contributed by atoms with E-state index in [4.69, 9.17) is 10.5 Å². The van der Waals surface area contributed by atoms with Crippen LogP contribution in [0, 0.1) is 0 Å². The minimum absolute atomic E-state index is 0.250. The molecule has 2 N–H and O–H groups in total. The van der Waals surface area contributed by atoms with Gasteiger partial charge < -0.3 is 15.4 Å². The van der Waals surface area contributed by atoms with Gasteiger partial charge in [-0.3, -0.25) is 0 Å². The molecule has 0 saturated heterocycles. The summed E-state index contributed by atoms with van der Waals surface area (Å²) in [6, 6.07) is 0. The number of hydrogen-bond donors (Lipinski definition) is 1. The van der Waals surface area contributed by atoms with Crippen LogP contribution in [0.2, 0.25) is 0 Å². The Hall–Kier alpha value is -0.870. The van der Waals surface area contributed by atoms with Crippen molar-refractivity contribution in [3.63, 3.8) is 0 Å². The molecular weight excluding hydrogens is 180 g/mol. The standard InChI is InChI=1S/C10H20N2O2/c1-9(5-4-6-11)10(13)14-8-7-12(2)3/h5H,4,6-8,11H2,1-3H3. The van der Waals surface area contributed by atoms with Crippen molar-refractivity contribution in [3.05, 3.63) is 11.6 Å². The molecular formula is C10H20N2O2. The second-order valence-electron chi connectivity index (χ2n) is 3.40. The molecule has 0 aliphatic heterocycles. The molecule has 0 atom stereocenters. The number of hydrogen-bond acceptors (Lipinski definition) is 4. The van der Waals surface area contributed by atoms with Crippen LogP contribution >= 0.6 is 0 Å². The fraction of sp³-hybridized carbons (Fsp3) is 0.700. The number of esters is 1. The Labute approximate surface area is 85.7 Å². The first kappa shape index (κ1) is 13.1. The summed E-state index contributed by atoms with van der Waals surface area (Å²) in [4.78, 5) is 13.2. The molecule has 82 valence electrons. The van der Waals surface area contributed by atoms with Gasteiger partial charge in [0.15, 0.2) is 0 Å². The first-order valence-electron chi connectivity index (χ1n) is 4.76. The highest BCUT2D eigenvalue weighted by Gasteiger charge is 2.04. The predicted octanol–water partition coefficient (Wildman–Crippen LogP) is 0.386. The van der Waals surface area contributed by atoms with Crippen LogP contribution in [-0.2, 0) is 9.53 Å². The Balaban J connectivity index is 3.73. The minimum atomic E-state index is -0.250. The molecule has 0 saturated carbocycles. The average molecular weight is 200 g/mol. The second-order valence-corrected chi connectivity index (χ2v) is 3.40. The molecule has 0 aliphatic carbocycles. The van der Waals surface area contributed by atoms with E-state index in [2.05, 4.69) is 0 Å². The van der Waals surface area contributed by atoms with Crippen molar-refractivity contribution >= 4 is 5.97 Å². The zero-order chi connectivity index (χ0) is 11.0. The van der Waals surface area contributed by atoms with Gasteiger partial charge >= 0.3 is 5.97 Å². The van der Waals surface area contributed by atoms with Crippen LogP contribution in [-0.4, -0.2) is 44.7 Å². The number of likely N-dealkylation sites (N-methyl/N-ethyl adjacent to an activating group) is 1. The predicted molar refractivity (Wildman–Crippen MR) is 56.9 cm³/mol. The number of nitrogens with zero attached hydrogens (tertiary/aromatic N) is 1. The van der Waals surface area contributed by atoms with Crippen LogP contribution in [0.1, 0.15) is 13.3 Å². The van der Waals surface area contributed by atoms with Gasteiger partial charge in [0.05, 0.1) is 0 Å². The number of ether oxygens (including phenoxy) is 1. The highest BCUT2D eigenvalue weighted by atomic mass is 16.5. The van der Waals surface area contributed by atoms with Gasteiger partial charge in [-0.2, -0.15) is 0 Å². The third-order valence-corrected chi connectivity index (χ3v) is 1.71. The molecule has 14 heavy (non-hydrogen) atoms. The summed E-state index contributed by atoms with van der Waals surface area (Å²) in [5, 5.41) is 0. The van der Waals surface area contributed by atoms with E-state index >= 15 is 0 Å². The van der Waals surface area contributed by atoms with Crippen molar-refractivity contribution in [2.45, 2.75) is 13.3 Å². The van der Waals surface area contributed by atoms with Gasteiger partial charge in [-0.15, -0.1) is 0 Å². The van der Waals surface area contributed by atoms with Gasteiger partial charge in [-0.25, -0.2) is 4.79 Å². The van der Waals surface area contributed by atoms with Gasteiger partial charge in [-0.05, 0) is 34.0 Å². The summed E-state index contributed by atoms with van der Waals surface area (Å²) < 4.78 is 5.02. The Kier molecular flexibility index (Phi) is 7.06. The summed E-state index contributed by atoms with van der Waals surface area (Å²) in [5.41, 5.74) is 5.95. The summed E-state index contributed by atoms with van der Waals surface area (Å²) >= 11 is 0. The fourth-order valence-corrected chi connectivity index (χ4v) is 0.818. The van der Waals surface area contributed by atoms with Gasteiger partial charge in [0.25, 0.3) is 0 Å². The third-order valence-electron chi connectivity index (χ3n) is 1.71. The highest BCUT2D eigenvalue weighted by molar-refractivity contribution is 5.87.